The van der Waals surface area contributed by atoms with Gasteiger partial charge < -0.3 is 15.8 Å². The third-order valence-corrected chi connectivity index (χ3v) is 3.97. The number of benzene rings is 1. The Kier molecular flexibility index (Phi) is 6.02. The summed E-state index contributed by atoms with van der Waals surface area (Å²) in [5.41, 5.74) is 6.71. The van der Waals surface area contributed by atoms with Gasteiger partial charge in [-0.2, -0.15) is 0 Å². The van der Waals surface area contributed by atoms with E-state index in [1.807, 2.05) is 24.3 Å². The van der Waals surface area contributed by atoms with Crippen molar-refractivity contribution in [3.63, 3.8) is 0 Å². The highest BCUT2D eigenvalue weighted by molar-refractivity contribution is 5.78. The summed E-state index contributed by atoms with van der Waals surface area (Å²) in [5.74, 6) is 1.39. The number of piperidine rings is 1. The molecule has 1 aromatic carbocycles. The molecule has 1 saturated heterocycles. The molecule has 0 bridgehead atoms. The Morgan fingerprint density at radius 2 is 2.29 bits per heavy atom. The van der Waals surface area contributed by atoms with E-state index in [2.05, 4.69) is 10.2 Å². The lowest BCUT2D eigenvalue weighted by Gasteiger charge is -2.31. The second-order valence-electron chi connectivity index (χ2n) is 5.57. The Morgan fingerprint density at radius 1 is 1.48 bits per heavy atom. The Balaban J connectivity index is 1.79. The molecule has 1 unspecified atom stereocenters. The topological polar surface area (TPSA) is 67.6 Å². The lowest BCUT2D eigenvalue weighted by Crippen LogP contribution is -2.43. The van der Waals surface area contributed by atoms with Crippen molar-refractivity contribution in [3.05, 3.63) is 29.8 Å². The molecule has 2 rings (SSSR count). The zero-order valence-corrected chi connectivity index (χ0v) is 12.7. The first-order valence-corrected chi connectivity index (χ1v) is 7.54. The molecule has 3 N–H and O–H groups in total. The summed E-state index contributed by atoms with van der Waals surface area (Å²) in [6, 6.07) is 7.73. The molecule has 1 aromatic rings. The van der Waals surface area contributed by atoms with Crippen LogP contribution in [0.4, 0.5) is 0 Å². The van der Waals surface area contributed by atoms with Gasteiger partial charge >= 0.3 is 0 Å². The number of para-hydroxylation sites is 1. The van der Waals surface area contributed by atoms with Gasteiger partial charge in [0.2, 0.25) is 5.91 Å². The molecule has 1 atom stereocenters. The highest BCUT2D eigenvalue weighted by Gasteiger charge is 2.20. The van der Waals surface area contributed by atoms with Crippen LogP contribution in [-0.4, -0.2) is 44.1 Å². The molecule has 5 nitrogen and oxygen atoms in total. The highest BCUT2D eigenvalue weighted by Crippen LogP contribution is 2.17. The van der Waals surface area contributed by atoms with Crippen molar-refractivity contribution in [1.82, 2.24) is 10.2 Å². The van der Waals surface area contributed by atoms with E-state index >= 15 is 0 Å². The molecule has 5 heteroatoms. The molecule has 116 valence electrons. The van der Waals surface area contributed by atoms with Crippen LogP contribution < -0.4 is 15.8 Å². The first-order valence-electron chi connectivity index (χ1n) is 7.54. The summed E-state index contributed by atoms with van der Waals surface area (Å²) >= 11 is 0. The number of nitrogens with two attached hydrogens (primary N) is 1. The van der Waals surface area contributed by atoms with Crippen LogP contribution in [0.1, 0.15) is 18.4 Å². The number of ether oxygens (including phenoxy) is 1. The quantitative estimate of drug-likeness (QED) is 0.820. The predicted octanol–water partition coefficient (Wildman–Crippen LogP) is 0.982. The van der Waals surface area contributed by atoms with E-state index in [1.165, 1.54) is 6.42 Å². The van der Waals surface area contributed by atoms with Crippen molar-refractivity contribution < 1.29 is 9.53 Å². The van der Waals surface area contributed by atoms with Gasteiger partial charge in [0.15, 0.2) is 0 Å². The Hall–Kier alpha value is -1.59. The number of likely N-dealkylation sites (tertiary alicyclic amines) is 1. The molecular formula is C16H25N3O2. The minimum Gasteiger partial charge on any atom is -0.496 e. The number of rotatable bonds is 6. The molecule has 1 amide bonds. The minimum atomic E-state index is 0.0542. The second-order valence-corrected chi connectivity index (χ2v) is 5.57. The van der Waals surface area contributed by atoms with Gasteiger partial charge in [-0.3, -0.25) is 9.69 Å². The van der Waals surface area contributed by atoms with Crippen LogP contribution >= 0.6 is 0 Å². The average molecular weight is 291 g/mol. The van der Waals surface area contributed by atoms with Crippen molar-refractivity contribution in [3.8, 4) is 5.75 Å². The lowest BCUT2D eigenvalue weighted by molar-refractivity contribution is -0.122. The summed E-state index contributed by atoms with van der Waals surface area (Å²) < 4.78 is 5.28. The van der Waals surface area contributed by atoms with E-state index in [0.29, 0.717) is 25.6 Å². The Morgan fingerprint density at radius 3 is 3.05 bits per heavy atom. The maximum absolute atomic E-state index is 12.1. The van der Waals surface area contributed by atoms with Gasteiger partial charge in [-0.1, -0.05) is 18.2 Å². The van der Waals surface area contributed by atoms with Gasteiger partial charge in [-0.15, -0.1) is 0 Å². The van der Waals surface area contributed by atoms with Crippen molar-refractivity contribution in [2.45, 2.75) is 19.4 Å². The third kappa shape index (κ3) is 4.72. The van der Waals surface area contributed by atoms with Gasteiger partial charge in [0.1, 0.15) is 5.75 Å². The van der Waals surface area contributed by atoms with Crippen LogP contribution in [0.2, 0.25) is 0 Å². The third-order valence-electron chi connectivity index (χ3n) is 3.97. The molecular weight excluding hydrogens is 266 g/mol. The van der Waals surface area contributed by atoms with Crippen LogP contribution in [0.15, 0.2) is 24.3 Å². The number of methoxy groups -OCH3 is 1. The van der Waals surface area contributed by atoms with Crippen molar-refractivity contribution in [2.75, 3.05) is 33.3 Å². The van der Waals surface area contributed by atoms with Gasteiger partial charge in [0, 0.05) is 18.7 Å². The summed E-state index contributed by atoms with van der Waals surface area (Å²) in [7, 11) is 1.64. The largest absolute Gasteiger partial charge is 0.496 e. The van der Waals surface area contributed by atoms with E-state index in [4.69, 9.17) is 10.5 Å². The number of carbonyl (C=O) groups is 1. The summed E-state index contributed by atoms with van der Waals surface area (Å²) in [5, 5.41) is 2.96. The van der Waals surface area contributed by atoms with E-state index in [1.54, 1.807) is 7.11 Å². The molecule has 1 aliphatic rings. The number of hydrogen-bond acceptors (Lipinski definition) is 4. The van der Waals surface area contributed by atoms with Crippen LogP contribution in [-0.2, 0) is 11.3 Å². The molecule has 1 fully saturated rings. The number of nitrogens with one attached hydrogen (secondary N) is 1. The summed E-state index contributed by atoms with van der Waals surface area (Å²) in [4.78, 5) is 14.2. The van der Waals surface area contributed by atoms with Gasteiger partial charge in [-0.05, 0) is 37.9 Å². The lowest BCUT2D eigenvalue weighted by atomic mass is 9.98. The van der Waals surface area contributed by atoms with Gasteiger partial charge in [0.05, 0.1) is 13.7 Å². The van der Waals surface area contributed by atoms with Crippen molar-refractivity contribution in [1.29, 1.82) is 0 Å². The van der Waals surface area contributed by atoms with E-state index < -0.39 is 0 Å². The average Bonchev–Trinajstić information content (AvgIpc) is 2.53. The fourth-order valence-corrected chi connectivity index (χ4v) is 2.79. The molecule has 0 aromatic heterocycles. The summed E-state index contributed by atoms with van der Waals surface area (Å²) in [6.45, 7) is 3.57. The number of amides is 1. The highest BCUT2D eigenvalue weighted by atomic mass is 16.5. The van der Waals surface area contributed by atoms with E-state index in [-0.39, 0.29) is 5.91 Å². The SMILES string of the molecule is COc1ccccc1CNC(=O)CN1CCCC(CN)C1. The number of hydrogen-bond donors (Lipinski definition) is 2. The maximum Gasteiger partial charge on any atom is 0.234 e. The fourth-order valence-electron chi connectivity index (χ4n) is 2.79. The number of nitrogens with zero attached hydrogens (tertiary/aromatic N) is 1. The Labute approximate surface area is 126 Å². The van der Waals surface area contributed by atoms with E-state index in [9.17, 15) is 4.79 Å². The van der Waals surface area contributed by atoms with Crippen LogP contribution in [0.3, 0.4) is 0 Å². The summed E-state index contributed by atoms with van der Waals surface area (Å²) in [6.07, 6.45) is 2.30. The zero-order chi connectivity index (χ0) is 15.1. The van der Waals surface area contributed by atoms with Crippen LogP contribution in [0, 0.1) is 5.92 Å². The van der Waals surface area contributed by atoms with Crippen molar-refractivity contribution >= 4 is 5.91 Å². The van der Waals surface area contributed by atoms with Gasteiger partial charge in [0.25, 0.3) is 0 Å². The van der Waals surface area contributed by atoms with E-state index in [0.717, 1.165) is 30.8 Å². The zero-order valence-electron chi connectivity index (χ0n) is 12.7. The smallest absolute Gasteiger partial charge is 0.234 e. The normalized spacial score (nSPS) is 19.2. The fraction of sp³-hybridized carbons (Fsp3) is 0.562. The van der Waals surface area contributed by atoms with Gasteiger partial charge in [-0.25, -0.2) is 0 Å². The molecule has 0 spiro atoms. The predicted molar refractivity (Wildman–Crippen MR) is 83.1 cm³/mol. The first-order chi connectivity index (χ1) is 10.2. The molecule has 0 radical (unpaired) electrons. The standard InChI is InChI=1S/C16H25N3O2/c1-21-15-7-3-2-6-14(15)10-18-16(20)12-19-8-4-5-13(9-17)11-19/h2-3,6-7,13H,4-5,8-12,17H2,1H3,(H,18,20). The maximum atomic E-state index is 12.1. The molecule has 0 aliphatic carbocycles. The minimum absolute atomic E-state index is 0.0542. The number of carbonyl (C=O) groups excluding carboxylic acids is 1. The first kappa shape index (κ1) is 15.8. The second kappa shape index (κ2) is 8.00. The molecule has 0 saturated carbocycles. The molecule has 21 heavy (non-hydrogen) atoms. The molecule has 1 aliphatic heterocycles. The van der Waals surface area contributed by atoms with Crippen LogP contribution in [0.5, 0.6) is 5.75 Å². The Bertz CT molecular complexity index is 465. The van der Waals surface area contributed by atoms with Crippen molar-refractivity contribution in [2.24, 2.45) is 11.7 Å². The monoisotopic (exact) mass is 291 g/mol. The van der Waals surface area contributed by atoms with Crippen LogP contribution in [0.25, 0.3) is 0 Å². The molecule has 1 heterocycles.